The molecule has 1 atom stereocenters. The largest absolute Gasteiger partial charge is 0.304 e. The van der Waals surface area contributed by atoms with Crippen molar-refractivity contribution in [3.05, 3.63) is 35.9 Å². The number of rotatable bonds is 6. The van der Waals surface area contributed by atoms with Gasteiger partial charge < -0.3 is 10.1 Å². The molecule has 1 N–H and O–H groups in total. The maximum atomic E-state index is 10.8. The topological polar surface area (TPSA) is 29.1 Å². The molecule has 0 fully saturated rings. The Bertz CT molecular complexity index is 282. The van der Waals surface area contributed by atoms with Gasteiger partial charge in [-0.2, -0.15) is 0 Å². The van der Waals surface area contributed by atoms with E-state index in [0.717, 1.165) is 19.3 Å². The summed E-state index contributed by atoms with van der Waals surface area (Å²) in [6.45, 7) is 5.01. The summed E-state index contributed by atoms with van der Waals surface area (Å²) in [5.41, 5.74) is 1.22. The van der Waals surface area contributed by atoms with Crippen LogP contribution < -0.4 is 5.32 Å². The van der Waals surface area contributed by atoms with Gasteiger partial charge in [-0.15, -0.1) is 0 Å². The number of nitrogens with one attached hydrogen (secondary N) is 1. The number of hydrogen-bond acceptors (Lipinski definition) is 2. The lowest BCUT2D eigenvalue weighted by atomic mass is 10.0. The Kier molecular flexibility index (Phi) is 5.05. The first kappa shape index (κ1) is 11.9. The molecule has 1 aromatic carbocycles. The van der Waals surface area contributed by atoms with Gasteiger partial charge in [0.25, 0.3) is 0 Å². The molecule has 1 aromatic rings. The molecule has 1 rings (SSSR count). The van der Waals surface area contributed by atoms with E-state index in [0.29, 0.717) is 5.92 Å². The van der Waals surface area contributed by atoms with Gasteiger partial charge in [0.2, 0.25) is 0 Å². The van der Waals surface area contributed by atoms with Crippen molar-refractivity contribution >= 4 is 6.29 Å². The lowest BCUT2D eigenvalue weighted by Gasteiger charge is -2.14. The summed E-state index contributed by atoms with van der Waals surface area (Å²) >= 11 is 0. The molecule has 0 aliphatic rings. The molecule has 82 valence electrons. The minimum atomic E-state index is -0.0230. The monoisotopic (exact) mass is 205 g/mol. The zero-order valence-corrected chi connectivity index (χ0v) is 9.44. The zero-order chi connectivity index (χ0) is 11.1. The van der Waals surface area contributed by atoms with Crippen molar-refractivity contribution in [2.75, 3.05) is 0 Å². The van der Waals surface area contributed by atoms with Crippen LogP contribution in [0.5, 0.6) is 0 Å². The summed E-state index contributed by atoms with van der Waals surface area (Å²) in [4.78, 5) is 10.8. The van der Waals surface area contributed by atoms with Crippen LogP contribution in [0.4, 0.5) is 0 Å². The molecule has 0 saturated heterocycles. The summed E-state index contributed by atoms with van der Waals surface area (Å²) in [5, 5.41) is 3.25. The predicted octanol–water partition coefficient (Wildman–Crippen LogP) is 2.39. The van der Waals surface area contributed by atoms with Crippen LogP contribution in [0, 0.1) is 5.92 Å². The molecule has 0 aliphatic heterocycles. The number of carbonyl (C=O) groups is 1. The second-order valence-corrected chi connectivity index (χ2v) is 4.24. The molecule has 0 heterocycles. The van der Waals surface area contributed by atoms with Crippen molar-refractivity contribution in [3.63, 3.8) is 0 Å². The summed E-state index contributed by atoms with van der Waals surface area (Å²) in [7, 11) is 0. The standard InChI is InChI=1S/C13H19NO/c1-11(2)8-13(10-15)14-9-12-6-4-3-5-7-12/h3-7,10-11,13-14H,8-9H2,1-2H3/t13-/m1/s1. The van der Waals surface area contributed by atoms with E-state index in [1.807, 2.05) is 18.2 Å². The third kappa shape index (κ3) is 4.75. The molecule has 15 heavy (non-hydrogen) atoms. The van der Waals surface area contributed by atoms with E-state index in [1.54, 1.807) is 0 Å². The maximum Gasteiger partial charge on any atom is 0.136 e. The molecule has 0 bridgehead atoms. The van der Waals surface area contributed by atoms with Crippen molar-refractivity contribution in [1.29, 1.82) is 0 Å². The highest BCUT2D eigenvalue weighted by atomic mass is 16.1. The fourth-order valence-corrected chi connectivity index (χ4v) is 1.54. The normalized spacial score (nSPS) is 12.7. The zero-order valence-electron chi connectivity index (χ0n) is 9.44. The third-order valence-corrected chi connectivity index (χ3v) is 2.30. The van der Waals surface area contributed by atoms with Crippen LogP contribution >= 0.6 is 0 Å². The third-order valence-electron chi connectivity index (χ3n) is 2.30. The summed E-state index contributed by atoms with van der Waals surface area (Å²) in [6.07, 6.45) is 1.90. The van der Waals surface area contributed by atoms with Crippen LogP contribution in [0.1, 0.15) is 25.8 Å². The number of carbonyl (C=O) groups excluding carboxylic acids is 1. The van der Waals surface area contributed by atoms with Gasteiger partial charge in [0.05, 0.1) is 6.04 Å². The highest BCUT2D eigenvalue weighted by molar-refractivity contribution is 5.57. The van der Waals surface area contributed by atoms with Gasteiger partial charge in [0.15, 0.2) is 0 Å². The Morgan fingerprint density at radius 1 is 1.27 bits per heavy atom. The lowest BCUT2D eigenvalue weighted by molar-refractivity contribution is -0.109. The van der Waals surface area contributed by atoms with E-state index in [4.69, 9.17) is 0 Å². The first-order valence-electron chi connectivity index (χ1n) is 5.45. The molecule has 0 amide bonds. The minimum Gasteiger partial charge on any atom is -0.304 e. The smallest absolute Gasteiger partial charge is 0.136 e. The molecule has 0 unspecified atom stereocenters. The van der Waals surface area contributed by atoms with Crippen LogP contribution in [0.2, 0.25) is 0 Å². The van der Waals surface area contributed by atoms with Gasteiger partial charge in [-0.05, 0) is 17.9 Å². The maximum absolute atomic E-state index is 10.8. The molecular formula is C13H19NO. The molecule has 0 aromatic heterocycles. The molecule has 2 nitrogen and oxygen atoms in total. The lowest BCUT2D eigenvalue weighted by Crippen LogP contribution is -2.31. The van der Waals surface area contributed by atoms with Crippen molar-refractivity contribution in [2.24, 2.45) is 5.92 Å². The Morgan fingerprint density at radius 2 is 1.93 bits per heavy atom. The summed E-state index contributed by atoms with van der Waals surface area (Å²) in [6, 6.07) is 10.1. The van der Waals surface area contributed by atoms with Gasteiger partial charge in [-0.1, -0.05) is 44.2 Å². The van der Waals surface area contributed by atoms with E-state index in [9.17, 15) is 4.79 Å². The average molecular weight is 205 g/mol. The number of aldehydes is 1. The number of hydrogen-bond donors (Lipinski definition) is 1. The average Bonchev–Trinajstić information content (AvgIpc) is 2.25. The summed E-state index contributed by atoms with van der Waals surface area (Å²) in [5.74, 6) is 0.545. The second-order valence-electron chi connectivity index (χ2n) is 4.24. The molecule has 0 radical (unpaired) electrons. The Hall–Kier alpha value is -1.15. The van der Waals surface area contributed by atoms with Crippen LogP contribution in [0.25, 0.3) is 0 Å². The fourth-order valence-electron chi connectivity index (χ4n) is 1.54. The van der Waals surface area contributed by atoms with E-state index in [-0.39, 0.29) is 6.04 Å². The predicted molar refractivity (Wildman–Crippen MR) is 62.6 cm³/mol. The molecule has 0 aliphatic carbocycles. The van der Waals surface area contributed by atoms with E-state index in [2.05, 4.69) is 31.3 Å². The number of benzene rings is 1. The van der Waals surface area contributed by atoms with Gasteiger partial charge in [0, 0.05) is 6.54 Å². The summed E-state index contributed by atoms with van der Waals surface area (Å²) < 4.78 is 0. The van der Waals surface area contributed by atoms with Crippen LogP contribution in [0.3, 0.4) is 0 Å². The molecule has 0 spiro atoms. The van der Waals surface area contributed by atoms with E-state index < -0.39 is 0 Å². The Morgan fingerprint density at radius 3 is 2.47 bits per heavy atom. The van der Waals surface area contributed by atoms with E-state index in [1.165, 1.54) is 5.56 Å². The van der Waals surface area contributed by atoms with Crippen LogP contribution in [-0.4, -0.2) is 12.3 Å². The van der Waals surface area contributed by atoms with Gasteiger partial charge >= 0.3 is 0 Å². The fraction of sp³-hybridized carbons (Fsp3) is 0.462. The highest BCUT2D eigenvalue weighted by Gasteiger charge is 2.08. The molecule has 0 saturated carbocycles. The molecule has 2 heteroatoms. The van der Waals surface area contributed by atoms with Gasteiger partial charge in [0.1, 0.15) is 6.29 Å². The van der Waals surface area contributed by atoms with Crippen molar-refractivity contribution in [2.45, 2.75) is 32.9 Å². The van der Waals surface area contributed by atoms with Crippen molar-refractivity contribution in [1.82, 2.24) is 5.32 Å². The van der Waals surface area contributed by atoms with Crippen LogP contribution in [-0.2, 0) is 11.3 Å². The SMILES string of the molecule is CC(C)C[C@H](C=O)NCc1ccccc1. The van der Waals surface area contributed by atoms with Gasteiger partial charge in [-0.3, -0.25) is 0 Å². The van der Waals surface area contributed by atoms with Crippen molar-refractivity contribution < 1.29 is 4.79 Å². The first-order chi connectivity index (χ1) is 7.22. The van der Waals surface area contributed by atoms with Gasteiger partial charge in [-0.25, -0.2) is 0 Å². The quantitative estimate of drug-likeness (QED) is 0.722. The minimum absolute atomic E-state index is 0.0230. The molecular weight excluding hydrogens is 186 g/mol. The van der Waals surface area contributed by atoms with Crippen LogP contribution in [0.15, 0.2) is 30.3 Å². The van der Waals surface area contributed by atoms with E-state index >= 15 is 0 Å². The second kappa shape index (κ2) is 6.36. The first-order valence-corrected chi connectivity index (χ1v) is 5.45. The Balaban J connectivity index is 2.38. The highest BCUT2D eigenvalue weighted by Crippen LogP contribution is 2.04. The Labute approximate surface area is 91.7 Å². The van der Waals surface area contributed by atoms with Crippen molar-refractivity contribution in [3.8, 4) is 0 Å².